The van der Waals surface area contributed by atoms with Gasteiger partial charge in [0.25, 0.3) is 5.91 Å². The van der Waals surface area contributed by atoms with Gasteiger partial charge in [0.1, 0.15) is 5.69 Å². The van der Waals surface area contributed by atoms with Crippen molar-refractivity contribution in [3.63, 3.8) is 0 Å². The Morgan fingerprint density at radius 2 is 2.16 bits per heavy atom. The zero-order valence-electron chi connectivity index (χ0n) is 10.2. The number of methoxy groups -OCH3 is 1. The van der Waals surface area contributed by atoms with Crippen molar-refractivity contribution in [1.29, 1.82) is 0 Å². The van der Waals surface area contributed by atoms with E-state index in [1.165, 1.54) is 19.4 Å². The van der Waals surface area contributed by atoms with E-state index in [0.717, 1.165) is 0 Å². The molecule has 7 heteroatoms. The van der Waals surface area contributed by atoms with Gasteiger partial charge in [0, 0.05) is 12.4 Å². The third-order valence-electron chi connectivity index (χ3n) is 2.46. The molecule has 2 heterocycles. The highest BCUT2D eigenvalue weighted by molar-refractivity contribution is 5.90. The first kappa shape index (κ1) is 12.7. The van der Waals surface area contributed by atoms with Crippen LogP contribution in [0.3, 0.4) is 0 Å². The molecule has 0 aromatic carbocycles. The number of aromatic nitrogens is 3. The van der Waals surface area contributed by atoms with Crippen LogP contribution in [0, 0.1) is 0 Å². The van der Waals surface area contributed by atoms with Crippen LogP contribution in [0.15, 0.2) is 30.6 Å². The van der Waals surface area contributed by atoms with Gasteiger partial charge in [-0.2, -0.15) is 5.10 Å². The summed E-state index contributed by atoms with van der Waals surface area (Å²) >= 11 is 0. The van der Waals surface area contributed by atoms with E-state index in [9.17, 15) is 9.59 Å². The molecule has 0 bridgehead atoms. The number of esters is 1. The predicted octanol–water partition coefficient (Wildman–Crippen LogP) is 0.212. The summed E-state index contributed by atoms with van der Waals surface area (Å²) in [5, 5.41) is 3.99. The quantitative estimate of drug-likeness (QED) is 0.792. The number of ether oxygens (including phenoxy) is 1. The van der Waals surface area contributed by atoms with Crippen LogP contribution in [0.1, 0.15) is 26.5 Å². The van der Waals surface area contributed by atoms with Crippen LogP contribution in [0.5, 0.6) is 0 Å². The van der Waals surface area contributed by atoms with Crippen molar-refractivity contribution in [2.45, 2.75) is 6.54 Å². The minimum absolute atomic E-state index is 0.200. The molecule has 0 saturated heterocycles. The van der Waals surface area contributed by atoms with Crippen LogP contribution < -0.4 is 5.73 Å². The zero-order chi connectivity index (χ0) is 13.8. The molecule has 2 N–H and O–H groups in total. The lowest BCUT2D eigenvalue weighted by atomic mass is 10.2. The summed E-state index contributed by atoms with van der Waals surface area (Å²) in [6, 6.07) is 4.84. The number of carbonyl (C=O) groups excluding carboxylic acids is 2. The topological polar surface area (TPSA) is 100 Å². The van der Waals surface area contributed by atoms with Gasteiger partial charge >= 0.3 is 5.97 Å². The molecule has 2 aromatic rings. The lowest BCUT2D eigenvalue weighted by molar-refractivity contribution is 0.0600. The Balaban J connectivity index is 2.10. The summed E-state index contributed by atoms with van der Waals surface area (Å²) < 4.78 is 6.12. The van der Waals surface area contributed by atoms with Crippen molar-refractivity contribution < 1.29 is 14.3 Å². The number of nitrogens with zero attached hydrogens (tertiary/aromatic N) is 3. The molecule has 0 aliphatic rings. The van der Waals surface area contributed by atoms with Gasteiger partial charge in [-0.1, -0.05) is 0 Å². The normalized spacial score (nSPS) is 10.2. The lowest BCUT2D eigenvalue weighted by Crippen LogP contribution is -2.13. The molecule has 19 heavy (non-hydrogen) atoms. The molecule has 2 rings (SSSR count). The van der Waals surface area contributed by atoms with Crippen molar-refractivity contribution >= 4 is 11.9 Å². The number of pyridine rings is 1. The molecule has 0 fully saturated rings. The number of carbonyl (C=O) groups is 2. The van der Waals surface area contributed by atoms with Crippen LogP contribution in [-0.4, -0.2) is 33.8 Å². The molecule has 98 valence electrons. The van der Waals surface area contributed by atoms with Crippen molar-refractivity contribution in [2.24, 2.45) is 5.73 Å². The number of nitrogens with two attached hydrogens (primary N) is 1. The SMILES string of the molecule is COC(=O)c1ccc(Cn2ccc(C(N)=O)n2)nc1. The highest BCUT2D eigenvalue weighted by Crippen LogP contribution is 2.04. The molecule has 0 spiro atoms. The van der Waals surface area contributed by atoms with E-state index in [0.29, 0.717) is 17.8 Å². The van der Waals surface area contributed by atoms with E-state index in [2.05, 4.69) is 14.8 Å². The Bertz CT molecular complexity index is 604. The van der Waals surface area contributed by atoms with E-state index >= 15 is 0 Å². The fourth-order valence-corrected chi connectivity index (χ4v) is 1.50. The largest absolute Gasteiger partial charge is 0.465 e. The van der Waals surface area contributed by atoms with Crippen LogP contribution in [0.25, 0.3) is 0 Å². The molecule has 0 aliphatic heterocycles. The second-order valence-electron chi connectivity index (χ2n) is 3.79. The van der Waals surface area contributed by atoms with Gasteiger partial charge < -0.3 is 10.5 Å². The second kappa shape index (κ2) is 5.30. The number of hydrogen-bond acceptors (Lipinski definition) is 5. The highest BCUT2D eigenvalue weighted by Gasteiger charge is 2.07. The summed E-state index contributed by atoms with van der Waals surface area (Å²) in [6.07, 6.45) is 3.07. The molecule has 2 aromatic heterocycles. The van der Waals surface area contributed by atoms with E-state index in [-0.39, 0.29) is 5.69 Å². The minimum Gasteiger partial charge on any atom is -0.465 e. The summed E-state index contributed by atoms with van der Waals surface area (Å²) in [5.41, 5.74) is 6.39. The van der Waals surface area contributed by atoms with Gasteiger partial charge in [0.05, 0.1) is 24.9 Å². The third-order valence-corrected chi connectivity index (χ3v) is 2.46. The fourth-order valence-electron chi connectivity index (χ4n) is 1.50. The molecule has 1 amide bonds. The van der Waals surface area contributed by atoms with Crippen molar-refractivity contribution in [1.82, 2.24) is 14.8 Å². The average molecular weight is 260 g/mol. The maximum Gasteiger partial charge on any atom is 0.339 e. The predicted molar refractivity (Wildman–Crippen MR) is 65.4 cm³/mol. The average Bonchev–Trinajstić information content (AvgIpc) is 2.87. The van der Waals surface area contributed by atoms with Crippen LogP contribution in [0.4, 0.5) is 0 Å². The van der Waals surface area contributed by atoms with E-state index < -0.39 is 11.9 Å². The Morgan fingerprint density at radius 3 is 2.68 bits per heavy atom. The lowest BCUT2D eigenvalue weighted by Gasteiger charge is -2.02. The number of hydrogen-bond donors (Lipinski definition) is 1. The molecular formula is C12H12N4O3. The van der Waals surface area contributed by atoms with Crippen LogP contribution >= 0.6 is 0 Å². The third kappa shape index (κ3) is 2.95. The minimum atomic E-state index is -0.576. The van der Waals surface area contributed by atoms with Gasteiger partial charge in [0.2, 0.25) is 0 Å². The Morgan fingerprint density at radius 1 is 1.37 bits per heavy atom. The van der Waals surface area contributed by atoms with Crippen LogP contribution in [-0.2, 0) is 11.3 Å². The summed E-state index contributed by atoms with van der Waals surface area (Å²) in [6.45, 7) is 0.384. The molecule has 0 unspecified atom stereocenters. The molecule has 7 nitrogen and oxygen atoms in total. The fraction of sp³-hybridized carbons (Fsp3) is 0.167. The number of amides is 1. The zero-order valence-corrected chi connectivity index (χ0v) is 10.2. The number of primary amides is 1. The Labute approximate surface area is 109 Å². The maximum absolute atomic E-state index is 11.2. The highest BCUT2D eigenvalue weighted by atomic mass is 16.5. The second-order valence-corrected chi connectivity index (χ2v) is 3.79. The smallest absolute Gasteiger partial charge is 0.339 e. The summed E-state index contributed by atoms with van der Waals surface area (Å²) in [7, 11) is 1.31. The van der Waals surface area contributed by atoms with Gasteiger partial charge in [-0.3, -0.25) is 14.5 Å². The summed E-state index contributed by atoms with van der Waals surface area (Å²) in [4.78, 5) is 26.2. The van der Waals surface area contributed by atoms with E-state index in [4.69, 9.17) is 5.73 Å². The van der Waals surface area contributed by atoms with E-state index in [1.54, 1.807) is 23.0 Å². The monoisotopic (exact) mass is 260 g/mol. The molecule has 0 radical (unpaired) electrons. The molecular weight excluding hydrogens is 248 g/mol. The van der Waals surface area contributed by atoms with Gasteiger partial charge in [-0.05, 0) is 18.2 Å². The molecule has 0 aliphatic carbocycles. The van der Waals surface area contributed by atoms with Crippen molar-refractivity contribution in [3.05, 3.63) is 47.5 Å². The first-order valence-corrected chi connectivity index (χ1v) is 5.46. The van der Waals surface area contributed by atoms with Gasteiger partial charge in [-0.25, -0.2) is 4.79 Å². The van der Waals surface area contributed by atoms with Crippen molar-refractivity contribution in [2.75, 3.05) is 7.11 Å². The maximum atomic E-state index is 11.2. The van der Waals surface area contributed by atoms with Crippen LogP contribution in [0.2, 0.25) is 0 Å². The first-order valence-electron chi connectivity index (χ1n) is 5.46. The summed E-state index contributed by atoms with van der Waals surface area (Å²) in [5.74, 6) is -1.01. The Kier molecular flexibility index (Phi) is 3.56. The van der Waals surface area contributed by atoms with Crippen molar-refractivity contribution in [3.8, 4) is 0 Å². The molecule has 0 saturated carbocycles. The standard InChI is InChI=1S/C12H12N4O3/c1-19-12(18)8-2-3-9(14-6-8)7-16-5-4-10(15-16)11(13)17/h2-6H,7H2,1H3,(H2,13,17). The first-order chi connectivity index (χ1) is 9.10. The van der Waals surface area contributed by atoms with Gasteiger partial charge in [0.15, 0.2) is 0 Å². The number of rotatable bonds is 4. The molecule has 0 atom stereocenters. The van der Waals surface area contributed by atoms with E-state index in [1.807, 2.05) is 0 Å². The van der Waals surface area contributed by atoms with Gasteiger partial charge in [-0.15, -0.1) is 0 Å². The Hall–Kier alpha value is -2.70.